The number of nitrogens with zero attached hydrogens (tertiary/aromatic N) is 2. The Hall–Kier alpha value is -1.10. The number of halogens is 1. The van der Waals surface area contributed by atoms with E-state index in [1.165, 1.54) is 0 Å². The summed E-state index contributed by atoms with van der Waals surface area (Å²) < 4.78 is 0. The molecule has 0 saturated carbocycles. The van der Waals surface area contributed by atoms with Gasteiger partial charge in [-0.05, 0) is 37.5 Å². The molecule has 4 nitrogen and oxygen atoms in total. The van der Waals surface area contributed by atoms with Gasteiger partial charge in [0.15, 0.2) is 0 Å². The molecule has 0 aliphatic carbocycles. The number of amides is 1. The highest BCUT2D eigenvalue weighted by Crippen LogP contribution is 2.16. The minimum Gasteiger partial charge on any atom is -0.340 e. The summed E-state index contributed by atoms with van der Waals surface area (Å²) in [5, 5.41) is 0.701. The van der Waals surface area contributed by atoms with Crippen molar-refractivity contribution >= 4 is 17.5 Å². The first-order valence-corrected chi connectivity index (χ1v) is 7.81. The van der Waals surface area contributed by atoms with Crippen molar-refractivity contribution in [3.05, 3.63) is 34.9 Å². The zero-order valence-corrected chi connectivity index (χ0v) is 13.5. The predicted molar refractivity (Wildman–Crippen MR) is 86.2 cm³/mol. The van der Waals surface area contributed by atoms with Crippen LogP contribution in [0.25, 0.3) is 0 Å². The highest BCUT2D eigenvalue weighted by Gasteiger charge is 2.25. The Morgan fingerprint density at radius 2 is 2.29 bits per heavy atom. The van der Waals surface area contributed by atoms with Crippen LogP contribution < -0.4 is 5.73 Å². The molecule has 1 aromatic carbocycles. The first kappa shape index (κ1) is 16.3. The lowest BCUT2D eigenvalue weighted by Crippen LogP contribution is -2.49. The molecule has 0 radical (unpaired) electrons. The second-order valence-electron chi connectivity index (χ2n) is 5.98. The van der Waals surface area contributed by atoms with Gasteiger partial charge in [0.25, 0.3) is 0 Å². The van der Waals surface area contributed by atoms with Crippen molar-refractivity contribution < 1.29 is 4.79 Å². The Morgan fingerprint density at radius 1 is 1.52 bits per heavy atom. The maximum atomic E-state index is 12.3. The van der Waals surface area contributed by atoms with Crippen LogP contribution in [0.3, 0.4) is 0 Å². The van der Waals surface area contributed by atoms with Gasteiger partial charge in [-0.25, -0.2) is 0 Å². The highest BCUT2D eigenvalue weighted by atomic mass is 35.5. The van der Waals surface area contributed by atoms with Gasteiger partial charge in [-0.15, -0.1) is 0 Å². The van der Waals surface area contributed by atoms with Gasteiger partial charge in [0.1, 0.15) is 0 Å². The molecule has 1 aliphatic heterocycles. The number of hydrogen-bond donors (Lipinski definition) is 1. The van der Waals surface area contributed by atoms with Gasteiger partial charge in [0.2, 0.25) is 5.91 Å². The third kappa shape index (κ3) is 4.70. The lowest BCUT2D eigenvalue weighted by Gasteiger charge is -2.36. The van der Waals surface area contributed by atoms with Gasteiger partial charge in [-0.2, -0.15) is 0 Å². The van der Waals surface area contributed by atoms with Gasteiger partial charge >= 0.3 is 0 Å². The largest absolute Gasteiger partial charge is 0.340 e. The van der Waals surface area contributed by atoms with E-state index >= 15 is 0 Å². The number of nitrogens with two attached hydrogens (primary N) is 1. The minimum atomic E-state index is 0.136. The summed E-state index contributed by atoms with van der Waals surface area (Å²) in [6, 6.07) is 8.27. The zero-order valence-electron chi connectivity index (χ0n) is 12.8. The maximum absolute atomic E-state index is 12.3. The van der Waals surface area contributed by atoms with Gasteiger partial charge in [0, 0.05) is 37.2 Å². The molecule has 0 spiro atoms. The first-order valence-electron chi connectivity index (χ1n) is 7.43. The lowest BCUT2D eigenvalue weighted by atomic mass is 9.99. The molecule has 116 valence electrons. The SMILES string of the molecule is CC1CC(N)CCN1CC(=O)N(C)Cc1cccc(Cl)c1. The van der Waals surface area contributed by atoms with Crippen molar-refractivity contribution in [3.63, 3.8) is 0 Å². The molecule has 1 fully saturated rings. The van der Waals surface area contributed by atoms with Gasteiger partial charge in [-0.3, -0.25) is 9.69 Å². The van der Waals surface area contributed by atoms with Crippen LogP contribution in [0.5, 0.6) is 0 Å². The fourth-order valence-corrected chi connectivity index (χ4v) is 3.00. The number of hydrogen-bond acceptors (Lipinski definition) is 3. The number of carbonyl (C=O) groups excluding carboxylic acids is 1. The van der Waals surface area contributed by atoms with Crippen LogP contribution in [-0.4, -0.2) is 47.9 Å². The van der Waals surface area contributed by atoms with E-state index in [-0.39, 0.29) is 11.9 Å². The quantitative estimate of drug-likeness (QED) is 0.927. The Labute approximate surface area is 131 Å². The van der Waals surface area contributed by atoms with Gasteiger partial charge in [-0.1, -0.05) is 23.7 Å². The van der Waals surface area contributed by atoms with Crippen molar-refractivity contribution in [1.82, 2.24) is 9.80 Å². The summed E-state index contributed by atoms with van der Waals surface area (Å²) in [5.41, 5.74) is 7.01. The molecular formula is C16H24ClN3O. The second kappa shape index (κ2) is 7.25. The Balaban J connectivity index is 1.88. The maximum Gasteiger partial charge on any atom is 0.236 e. The van der Waals surface area contributed by atoms with Crippen molar-refractivity contribution in [2.45, 2.75) is 38.4 Å². The number of piperidine rings is 1. The summed E-state index contributed by atoms with van der Waals surface area (Å²) in [5.74, 6) is 0.136. The number of likely N-dealkylation sites (tertiary alicyclic amines) is 1. The van der Waals surface area contributed by atoms with Crippen LogP contribution in [-0.2, 0) is 11.3 Å². The lowest BCUT2D eigenvalue weighted by molar-refractivity contribution is -0.132. The fraction of sp³-hybridized carbons (Fsp3) is 0.562. The third-order valence-corrected chi connectivity index (χ3v) is 4.36. The number of likely N-dealkylation sites (N-methyl/N-ethyl adjacent to an activating group) is 1. The van der Waals surface area contributed by atoms with Crippen molar-refractivity contribution in [1.29, 1.82) is 0 Å². The average Bonchev–Trinajstić information content (AvgIpc) is 2.41. The summed E-state index contributed by atoms with van der Waals surface area (Å²) in [7, 11) is 1.84. The summed E-state index contributed by atoms with van der Waals surface area (Å²) in [4.78, 5) is 16.3. The molecule has 0 aromatic heterocycles. The van der Waals surface area contributed by atoms with E-state index in [9.17, 15) is 4.79 Å². The standard InChI is InChI=1S/C16H24ClN3O/c1-12-8-15(18)6-7-20(12)11-16(21)19(2)10-13-4-3-5-14(17)9-13/h3-5,9,12,15H,6-8,10-11,18H2,1-2H3. The van der Waals surface area contributed by atoms with Crippen LogP contribution >= 0.6 is 11.6 Å². The Morgan fingerprint density at radius 3 is 2.95 bits per heavy atom. The van der Waals surface area contributed by atoms with Gasteiger partial charge in [0.05, 0.1) is 6.54 Å². The molecule has 2 unspecified atom stereocenters. The van der Waals surface area contributed by atoms with Crippen LogP contribution in [0.1, 0.15) is 25.3 Å². The molecule has 2 atom stereocenters. The number of rotatable bonds is 4. The third-order valence-electron chi connectivity index (χ3n) is 4.13. The predicted octanol–water partition coefficient (Wildman–Crippen LogP) is 2.11. The van der Waals surface area contributed by atoms with Crippen LogP contribution in [0.15, 0.2) is 24.3 Å². The van der Waals surface area contributed by atoms with E-state index < -0.39 is 0 Å². The smallest absolute Gasteiger partial charge is 0.236 e. The Kier molecular flexibility index (Phi) is 5.62. The molecule has 5 heteroatoms. The first-order chi connectivity index (χ1) is 9.95. The number of carbonyl (C=O) groups is 1. The van der Waals surface area contributed by atoms with E-state index in [0.717, 1.165) is 24.9 Å². The van der Waals surface area contributed by atoms with Crippen molar-refractivity contribution in [2.24, 2.45) is 5.73 Å². The second-order valence-corrected chi connectivity index (χ2v) is 6.42. The molecule has 1 heterocycles. The molecule has 21 heavy (non-hydrogen) atoms. The van der Waals surface area contributed by atoms with Gasteiger partial charge < -0.3 is 10.6 Å². The molecule has 1 aromatic rings. The molecule has 1 aliphatic rings. The van der Waals surface area contributed by atoms with Crippen molar-refractivity contribution in [3.8, 4) is 0 Å². The van der Waals surface area contributed by atoms with E-state index in [1.54, 1.807) is 4.90 Å². The topological polar surface area (TPSA) is 49.6 Å². The molecule has 0 bridgehead atoms. The van der Waals surface area contributed by atoms with E-state index in [2.05, 4.69) is 11.8 Å². The monoisotopic (exact) mass is 309 g/mol. The fourth-order valence-electron chi connectivity index (χ4n) is 2.78. The summed E-state index contributed by atoms with van der Waals surface area (Å²) in [6.45, 7) is 4.09. The van der Waals surface area contributed by atoms with Crippen LogP contribution in [0.4, 0.5) is 0 Å². The van der Waals surface area contributed by atoms with E-state index in [4.69, 9.17) is 17.3 Å². The Bertz CT molecular complexity index is 494. The summed E-state index contributed by atoms with van der Waals surface area (Å²) in [6.07, 6.45) is 1.93. The molecular weight excluding hydrogens is 286 g/mol. The minimum absolute atomic E-state index is 0.136. The molecule has 2 rings (SSSR count). The highest BCUT2D eigenvalue weighted by molar-refractivity contribution is 6.30. The van der Waals surface area contributed by atoms with E-state index in [1.807, 2.05) is 31.3 Å². The number of benzene rings is 1. The van der Waals surface area contributed by atoms with Crippen molar-refractivity contribution in [2.75, 3.05) is 20.1 Å². The van der Waals surface area contributed by atoms with Crippen LogP contribution in [0, 0.1) is 0 Å². The van der Waals surface area contributed by atoms with Crippen LogP contribution in [0.2, 0.25) is 5.02 Å². The summed E-state index contributed by atoms with van der Waals surface area (Å²) >= 11 is 5.97. The normalized spacial score (nSPS) is 23.0. The molecule has 1 saturated heterocycles. The molecule has 2 N–H and O–H groups in total. The zero-order chi connectivity index (χ0) is 15.4. The van der Waals surface area contributed by atoms with E-state index in [0.29, 0.717) is 24.2 Å². The molecule has 1 amide bonds. The average molecular weight is 310 g/mol.